The Labute approximate surface area is 200 Å². The summed E-state index contributed by atoms with van der Waals surface area (Å²) in [6.45, 7) is 1.90. The second kappa shape index (κ2) is 11.5. The van der Waals surface area contributed by atoms with Crippen LogP contribution in [0.15, 0.2) is 42.5 Å². The Hall–Kier alpha value is -3.59. The van der Waals surface area contributed by atoms with Crippen molar-refractivity contribution in [2.24, 2.45) is 5.92 Å². The van der Waals surface area contributed by atoms with E-state index in [-0.39, 0.29) is 24.1 Å². The van der Waals surface area contributed by atoms with Crippen molar-refractivity contribution >= 4 is 29.1 Å². The van der Waals surface area contributed by atoms with Crippen molar-refractivity contribution in [1.29, 1.82) is 0 Å². The van der Waals surface area contributed by atoms with Gasteiger partial charge in [-0.1, -0.05) is 18.2 Å². The first-order chi connectivity index (χ1) is 16.3. The highest BCUT2D eigenvalue weighted by Gasteiger charge is 2.34. The zero-order valence-corrected chi connectivity index (χ0v) is 20.1. The second-order valence-corrected chi connectivity index (χ2v) is 8.46. The highest BCUT2D eigenvalue weighted by Crippen LogP contribution is 2.37. The summed E-state index contributed by atoms with van der Waals surface area (Å²) >= 11 is 0. The normalized spacial score (nSPS) is 15.4. The minimum atomic E-state index is -0.444. The van der Waals surface area contributed by atoms with Gasteiger partial charge in [-0.05, 0) is 39.2 Å². The van der Waals surface area contributed by atoms with Crippen molar-refractivity contribution in [3.8, 4) is 11.5 Å². The number of hydrogen-bond donors (Lipinski definition) is 2. The van der Waals surface area contributed by atoms with Crippen LogP contribution in [-0.4, -0.2) is 75.5 Å². The van der Waals surface area contributed by atoms with Gasteiger partial charge in [-0.3, -0.25) is 14.4 Å². The van der Waals surface area contributed by atoms with Gasteiger partial charge in [0.15, 0.2) is 0 Å². The molecule has 9 nitrogen and oxygen atoms in total. The number of nitrogens with zero attached hydrogens (tertiary/aromatic N) is 2. The van der Waals surface area contributed by atoms with Crippen molar-refractivity contribution in [3.05, 3.63) is 48.0 Å². The molecule has 2 N–H and O–H groups in total. The molecule has 34 heavy (non-hydrogen) atoms. The number of nitrogens with one attached hydrogen (secondary N) is 2. The zero-order chi connectivity index (χ0) is 24.7. The van der Waals surface area contributed by atoms with E-state index in [9.17, 15) is 14.4 Å². The van der Waals surface area contributed by atoms with Gasteiger partial charge in [-0.25, -0.2) is 0 Å². The maximum Gasteiger partial charge on any atom is 0.255 e. The molecule has 0 aliphatic carbocycles. The SMILES string of the molecule is COc1cc(NC(=O)C2CC(=O)N(CCCN(C)C)C2)c(OC)cc1NC(=O)c1ccccc1. The van der Waals surface area contributed by atoms with Gasteiger partial charge in [0.05, 0.1) is 31.5 Å². The average Bonchev–Trinajstić information content (AvgIpc) is 3.20. The van der Waals surface area contributed by atoms with Crippen LogP contribution in [-0.2, 0) is 9.59 Å². The lowest BCUT2D eigenvalue weighted by molar-refractivity contribution is -0.128. The van der Waals surface area contributed by atoms with Crippen molar-refractivity contribution < 1.29 is 23.9 Å². The van der Waals surface area contributed by atoms with Crippen LogP contribution in [0.4, 0.5) is 11.4 Å². The summed E-state index contributed by atoms with van der Waals surface area (Å²) in [6.07, 6.45) is 1.03. The molecular weight excluding hydrogens is 436 g/mol. The molecule has 0 bridgehead atoms. The van der Waals surface area contributed by atoms with E-state index in [1.54, 1.807) is 41.3 Å². The first kappa shape index (κ1) is 25.0. The van der Waals surface area contributed by atoms with Gasteiger partial charge in [-0.15, -0.1) is 0 Å². The molecule has 1 atom stereocenters. The largest absolute Gasteiger partial charge is 0.494 e. The number of anilines is 2. The van der Waals surface area contributed by atoms with Gasteiger partial charge < -0.3 is 29.9 Å². The molecular formula is C25H32N4O5. The minimum Gasteiger partial charge on any atom is -0.494 e. The second-order valence-electron chi connectivity index (χ2n) is 8.46. The number of benzene rings is 2. The van der Waals surface area contributed by atoms with E-state index in [2.05, 4.69) is 15.5 Å². The first-order valence-corrected chi connectivity index (χ1v) is 11.2. The number of carbonyl (C=O) groups excluding carboxylic acids is 3. The Bertz CT molecular complexity index is 1030. The van der Waals surface area contributed by atoms with Crippen LogP contribution in [0.25, 0.3) is 0 Å². The lowest BCUT2D eigenvalue weighted by Crippen LogP contribution is -2.30. The number of amides is 3. The van der Waals surface area contributed by atoms with Crippen LogP contribution < -0.4 is 20.1 Å². The molecule has 0 spiro atoms. The summed E-state index contributed by atoms with van der Waals surface area (Å²) in [4.78, 5) is 41.7. The Morgan fingerprint density at radius 3 is 2.24 bits per heavy atom. The Morgan fingerprint density at radius 1 is 1.03 bits per heavy atom. The van der Waals surface area contributed by atoms with E-state index in [1.807, 2.05) is 20.2 Å². The summed E-state index contributed by atoms with van der Waals surface area (Å²) < 4.78 is 10.9. The third-order valence-corrected chi connectivity index (χ3v) is 5.68. The molecule has 3 amide bonds. The summed E-state index contributed by atoms with van der Waals surface area (Å²) in [5.74, 6) is -0.276. The van der Waals surface area contributed by atoms with E-state index in [4.69, 9.17) is 9.47 Å². The third-order valence-electron chi connectivity index (χ3n) is 5.68. The summed E-state index contributed by atoms with van der Waals surface area (Å²) in [5, 5.41) is 5.68. The molecule has 2 aromatic rings. The van der Waals surface area contributed by atoms with Gasteiger partial charge >= 0.3 is 0 Å². The van der Waals surface area contributed by atoms with Gasteiger partial charge in [-0.2, -0.15) is 0 Å². The van der Waals surface area contributed by atoms with E-state index in [0.29, 0.717) is 41.5 Å². The number of rotatable bonds is 10. The van der Waals surface area contributed by atoms with E-state index < -0.39 is 5.92 Å². The molecule has 0 saturated carbocycles. The lowest BCUT2D eigenvalue weighted by atomic mass is 10.1. The van der Waals surface area contributed by atoms with Gasteiger partial charge in [0, 0.05) is 37.2 Å². The average molecular weight is 469 g/mol. The molecule has 2 aromatic carbocycles. The number of methoxy groups -OCH3 is 2. The standard InChI is InChI=1S/C25H32N4O5/c1-28(2)11-8-12-29-16-18(13-23(29)30)25(32)27-20-15-21(33-3)19(14-22(20)34-4)26-24(31)17-9-6-5-7-10-17/h5-7,9-10,14-15,18H,8,11-13,16H2,1-4H3,(H,26,31)(H,27,32). The molecule has 1 aliphatic rings. The first-order valence-electron chi connectivity index (χ1n) is 11.2. The summed E-state index contributed by atoms with van der Waals surface area (Å²) in [7, 11) is 6.93. The number of carbonyl (C=O) groups is 3. The molecule has 1 heterocycles. The van der Waals surface area contributed by atoms with Gasteiger partial charge in [0.2, 0.25) is 11.8 Å². The highest BCUT2D eigenvalue weighted by molar-refractivity contribution is 6.06. The van der Waals surface area contributed by atoms with Crippen LogP contribution in [0.3, 0.4) is 0 Å². The monoisotopic (exact) mass is 468 g/mol. The summed E-state index contributed by atoms with van der Waals surface area (Å²) in [6, 6.07) is 12.0. The van der Waals surface area contributed by atoms with Crippen molar-refractivity contribution in [2.75, 3.05) is 58.6 Å². The predicted molar refractivity (Wildman–Crippen MR) is 130 cm³/mol. The van der Waals surface area contributed by atoms with Gasteiger partial charge in [0.1, 0.15) is 11.5 Å². The zero-order valence-electron chi connectivity index (χ0n) is 20.1. The predicted octanol–water partition coefficient (Wildman–Crippen LogP) is 2.69. The van der Waals surface area contributed by atoms with Crippen molar-refractivity contribution in [3.63, 3.8) is 0 Å². The van der Waals surface area contributed by atoms with Crippen molar-refractivity contribution in [1.82, 2.24) is 9.80 Å². The molecule has 182 valence electrons. The van der Waals surface area contributed by atoms with Crippen LogP contribution in [0.1, 0.15) is 23.2 Å². The Kier molecular flexibility index (Phi) is 8.48. The number of likely N-dealkylation sites (tertiary alicyclic amines) is 1. The van der Waals surface area contributed by atoms with Crippen molar-refractivity contribution in [2.45, 2.75) is 12.8 Å². The Morgan fingerprint density at radius 2 is 1.65 bits per heavy atom. The number of hydrogen-bond acceptors (Lipinski definition) is 6. The van der Waals surface area contributed by atoms with Gasteiger partial charge in [0.25, 0.3) is 5.91 Å². The summed E-state index contributed by atoms with van der Waals surface area (Å²) in [5.41, 5.74) is 1.32. The fraction of sp³-hybridized carbons (Fsp3) is 0.400. The quantitative estimate of drug-likeness (QED) is 0.556. The molecule has 1 aliphatic heterocycles. The molecule has 3 rings (SSSR count). The maximum absolute atomic E-state index is 12.9. The molecule has 9 heteroatoms. The molecule has 1 unspecified atom stereocenters. The highest BCUT2D eigenvalue weighted by atomic mass is 16.5. The smallest absolute Gasteiger partial charge is 0.255 e. The molecule has 1 fully saturated rings. The fourth-order valence-corrected chi connectivity index (χ4v) is 3.85. The topological polar surface area (TPSA) is 100 Å². The molecule has 0 radical (unpaired) electrons. The molecule has 0 aromatic heterocycles. The third kappa shape index (κ3) is 6.26. The van der Waals surface area contributed by atoms with E-state index in [1.165, 1.54) is 14.2 Å². The fourth-order valence-electron chi connectivity index (χ4n) is 3.85. The van der Waals surface area contributed by atoms with Crippen LogP contribution in [0.5, 0.6) is 11.5 Å². The van der Waals surface area contributed by atoms with Crippen LogP contribution in [0, 0.1) is 5.92 Å². The number of ether oxygens (including phenoxy) is 2. The maximum atomic E-state index is 12.9. The van der Waals surface area contributed by atoms with Crippen LogP contribution >= 0.6 is 0 Å². The minimum absolute atomic E-state index is 0.0116. The van der Waals surface area contributed by atoms with E-state index >= 15 is 0 Å². The molecule has 1 saturated heterocycles. The Balaban J connectivity index is 1.70. The van der Waals surface area contributed by atoms with E-state index in [0.717, 1.165) is 13.0 Å². The lowest BCUT2D eigenvalue weighted by Gasteiger charge is -2.19. The van der Waals surface area contributed by atoms with Crippen LogP contribution in [0.2, 0.25) is 0 Å².